The van der Waals surface area contributed by atoms with Crippen LogP contribution < -0.4 is 4.90 Å². The first-order valence-electron chi connectivity index (χ1n) is 9.96. The number of imide groups is 1. The van der Waals surface area contributed by atoms with Crippen molar-refractivity contribution in [2.75, 3.05) is 24.5 Å². The molecule has 4 rings (SSSR count). The van der Waals surface area contributed by atoms with E-state index in [0.717, 1.165) is 42.4 Å². The summed E-state index contributed by atoms with van der Waals surface area (Å²) in [5.74, 6) is -1.32. The number of carbonyl (C=O) groups excluding carboxylic acids is 2. The van der Waals surface area contributed by atoms with Gasteiger partial charge in [-0.1, -0.05) is 18.6 Å². The van der Waals surface area contributed by atoms with Gasteiger partial charge in [0.15, 0.2) is 0 Å². The summed E-state index contributed by atoms with van der Waals surface area (Å²) >= 11 is 0. The van der Waals surface area contributed by atoms with Crippen LogP contribution in [0.5, 0.6) is 0 Å². The van der Waals surface area contributed by atoms with Gasteiger partial charge in [0.2, 0.25) is 0 Å². The van der Waals surface area contributed by atoms with Crippen LogP contribution in [0.4, 0.5) is 5.69 Å². The van der Waals surface area contributed by atoms with E-state index < -0.39 is 5.97 Å². The molecule has 2 heterocycles. The molecule has 1 saturated heterocycles. The summed E-state index contributed by atoms with van der Waals surface area (Å²) in [7, 11) is 0. The molecule has 0 radical (unpaired) electrons. The van der Waals surface area contributed by atoms with E-state index in [0.29, 0.717) is 36.9 Å². The number of carboxylic acids is 1. The van der Waals surface area contributed by atoms with Crippen LogP contribution in [0.25, 0.3) is 10.8 Å². The fourth-order valence-corrected chi connectivity index (χ4v) is 4.29. The Morgan fingerprint density at radius 3 is 2.36 bits per heavy atom. The van der Waals surface area contributed by atoms with Crippen molar-refractivity contribution in [3.8, 4) is 0 Å². The third kappa shape index (κ3) is 3.23. The van der Waals surface area contributed by atoms with Gasteiger partial charge in [-0.05, 0) is 43.9 Å². The lowest BCUT2D eigenvalue weighted by molar-refractivity contribution is -0.137. The van der Waals surface area contributed by atoms with E-state index in [1.54, 1.807) is 6.07 Å². The third-order valence-electron chi connectivity index (χ3n) is 5.69. The second-order valence-electron chi connectivity index (χ2n) is 7.52. The van der Waals surface area contributed by atoms with Crippen LogP contribution in [-0.4, -0.2) is 47.4 Å². The monoisotopic (exact) mass is 380 g/mol. The van der Waals surface area contributed by atoms with Crippen LogP contribution in [0, 0.1) is 0 Å². The minimum Gasteiger partial charge on any atom is -0.481 e. The third-order valence-corrected chi connectivity index (χ3v) is 5.69. The molecule has 28 heavy (non-hydrogen) atoms. The summed E-state index contributed by atoms with van der Waals surface area (Å²) in [5.41, 5.74) is 2.26. The fraction of sp³-hybridized carbons (Fsp3) is 0.409. The summed E-state index contributed by atoms with van der Waals surface area (Å²) in [5, 5.41) is 10.5. The number of anilines is 1. The zero-order chi connectivity index (χ0) is 19.7. The van der Waals surface area contributed by atoms with Crippen molar-refractivity contribution < 1.29 is 19.5 Å². The molecule has 0 saturated carbocycles. The minimum absolute atomic E-state index is 0.114. The van der Waals surface area contributed by atoms with Gasteiger partial charge in [0.1, 0.15) is 0 Å². The van der Waals surface area contributed by atoms with E-state index in [4.69, 9.17) is 5.11 Å². The molecule has 0 aliphatic carbocycles. The number of carboxylic acid groups (broad SMARTS) is 1. The van der Waals surface area contributed by atoms with Crippen molar-refractivity contribution in [3.05, 3.63) is 41.5 Å². The van der Waals surface area contributed by atoms with Crippen LogP contribution in [-0.2, 0) is 4.79 Å². The normalized spacial score (nSPS) is 16.3. The highest BCUT2D eigenvalue weighted by Gasteiger charge is 2.33. The Bertz CT molecular complexity index is 925. The van der Waals surface area contributed by atoms with Gasteiger partial charge in [0, 0.05) is 53.6 Å². The number of unbranched alkanes of at least 4 members (excludes halogenated alkanes) is 2. The fourth-order valence-electron chi connectivity index (χ4n) is 4.29. The van der Waals surface area contributed by atoms with E-state index >= 15 is 0 Å². The van der Waals surface area contributed by atoms with E-state index in [-0.39, 0.29) is 18.2 Å². The van der Waals surface area contributed by atoms with Crippen molar-refractivity contribution in [1.82, 2.24) is 4.90 Å². The van der Waals surface area contributed by atoms with Gasteiger partial charge in [-0.15, -0.1) is 0 Å². The van der Waals surface area contributed by atoms with Crippen LogP contribution in [0.1, 0.15) is 59.2 Å². The predicted octanol–water partition coefficient (Wildman–Crippen LogP) is 3.68. The molecule has 1 fully saturated rings. The van der Waals surface area contributed by atoms with Crippen molar-refractivity contribution in [1.29, 1.82) is 0 Å². The highest BCUT2D eigenvalue weighted by atomic mass is 16.4. The molecule has 0 atom stereocenters. The lowest BCUT2D eigenvalue weighted by Gasteiger charge is -2.29. The second kappa shape index (κ2) is 7.62. The quantitative estimate of drug-likeness (QED) is 0.586. The predicted molar refractivity (Wildman–Crippen MR) is 107 cm³/mol. The summed E-state index contributed by atoms with van der Waals surface area (Å²) in [6.45, 7) is 2.33. The van der Waals surface area contributed by atoms with E-state index in [9.17, 15) is 14.4 Å². The minimum atomic E-state index is -0.820. The Morgan fingerprint density at radius 1 is 0.929 bits per heavy atom. The van der Waals surface area contributed by atoms with Crippen molar-refractivity contribution in [2.24, 2.45) is 0 Å². The first kappa shape index (κ1) is 18.5. The van der Waals surface area contributed by atoms with Gasteiger partial charge in [0.05, 0.1) is 0 Å². The molecule has 6 nitrogen and oxygen atoms in total. The topological polar surface area (TPSA) is 77.9 Å². The maximum atomic E-state index is 13.0. The first-order valence-corrected chi connectivity index (χ1v) is 9.96. The molecule has 0 aromatic heterocycles. The van der Waals surface area contributed by atoms with Crippen molar-refractivity contribution in [2.45, 2.75) is 38.5 Å². The standard InChI is InChI=1S/C22H24N2O4/c25-19(26)9-2-1-3-14-24-21(27)16-8-6-7-15-18(23-12-4-5-13-23)11-10-17(20(15)16)22(24)28/h6-8,10-11H,1-5,9,12-14H2,(H,25,26). The summed E-state index contributed by atoms with van der Waals surface area (Å²) in [6, 6.07) is 9.54. The lowest BCUT2D eigenvalue weighted by Crippen LogP contribution is -2.41. The Balaban J connectivity index is 1.61. The number of nitrogens with zero attached hydrogens (tertiary/aromatic N) is 2. The Hall–Kier alpha value is -2.89. The van der Waals surface area contributed by atoms with Crippen LogP contribution in [0.3, 0.4) is 0 Å². The van der Waals surface area contributed by atoms with E-state index in [2.05, 4.69) is 4.90 Å². The molecule has 146 valence electrons. The maximum absolute atomic E-state index is 13.0. The molecule has 2 aliphatic rings. The van der Waals surface area contributed by atoms with Crippen molar-refractivity contribution in [3.63, 3.8) is 0 Å². The number of hydrogen-bond donors (Lipinski definition) is 1. The SMILES string of the molecule is O=C(O)CCCCCN1C(=O)c2cccc3c(N4CCCC4)ccc(c23)C1=O. The number of aliphatic carboxylic acids is 1. The molecule has 0 unspecified atom stereocenters. The van der Waals surface area contributed by atoms with Crippen LogP contribution >= 0.6 is 0 Å². The molecular weight excluding hydrogens is 356 g/mol. The number of carbonyl (C=O) groups is 3. The van der Waals surface area contributed by atoms with Gasteiger partial charge in [-0.2, -0.15) is 0 Å². The summed E-state index contributed by atoms with van der Waals surface area (Å²) in [6.07, 6.45) is 4.28. The smallest absolute Gasteiger partial charge is 0.303 e. The lowest BCUT2D eigenvalue weighted by atomic mass is 9.92. The molecule has 0 spiro atoms. The molecule has 1 N–H and O–H groups in total. The van der Waals surface area contributed by atoms with Gasteiger partial charge in [-0.25, -0.2) is 0 Å². The number of rotatable bonds is 7. The average Bonchev–Trinajstić information content (AvgIpc) is 3.22. The molecule has 2 aromatic carbocycles. The number of amides is 2. The number of benzene rings is 2. The zero-order valence-electron chi connectivity index (χ0n) is 15.8. The Morgan fingerprint density at radius 2 is 1.64 bits per heavy atom. The Labute approximate surface area is 163 Å². The van der Waals surface area contributed by atoms with Gasteiger partial charge in [0.25, 0.3) is 11.8 Å². The van der Waals surface area contributed by atoms with E-state index in [1.165, 1.54) is 4.90 Å². The van der Waals surface area contributed by atoms with E-state index in [1.807, 2.05) is 24.3 Å². The summed E-state index contributed by atoms with van der Waals surface area (Å²) < 4.78 is 0. The maximum Gasteiger partial charge on any atom is 0.303 e. The average molecular weight is 380 g/mol. The Kier molecular flexibility index (Phi) is 5.03. The van der Waals surface area contributed by atoms with Crippen LogP contribution in [0.2, 0.25) is 0 Å². The number of hydrogen-bond acceptors (Lipinski definition) is 4. The molecule has 0 bridgehead atoms. The molecule has 6 heteroatoms. The van der Waals surface area contributed by atoms with Gasteiger partial charge < -0.3 is 10.0 Å². The highest BCUT2D eigenvalue weighted by Crippen LogP contribution is 2.37. The van der Waals surface area contributed by atoms with Gasteiger partial charge >= 0.3 is 5.97 Å². The van der Waals surface area contributed by atoms with Crippen LogP contribution in [0.15, 0.2) is 30.3 Å². The molecule has 2 aliphatic heterocycles. The molecule has 2 aromatic rings. The highest BCUT2D eigenvalue weighted by molar-refractivity contribution is 6.26. The second-order valence-corrected chi connectivity index (χ2v) is 7.52. The molecule has 2 amide bonds. The van der Waals surface area contributed by atoms with Crippen molar-refractivity contribution >= 4 is 34.2 Å². The largest absolute Gasteiger partial charge is 0.481 e. The van der Waals surface area contributed by atoms with Gasteiger partial charge in [-0.3, -0.25) is 19.3 Å². The summed E-state index contributed by atoms with van der Waals surface area (Å²) in [4.78, 5) is 40.3. The zero-order valence-corrected chi connectivity index (χ0v) is 15.8. The first-order chi connectivity index (χ1) is 13.6. The molecular formula is C22H24N2O4.